The fraction of sp³-hybridized carbons (Fsp3) is 0.273. The molecule has 9 heteroatoms. The summed E-state index contributed by atoms with van der Waals surface area (Å²) in [5, 5.41) is 4.92. The zero-order valence-electron chi connectivity index (χ0n) is 16.8. The molecule has 7 nitrogen and oxygen atoms in total. The molecule has 1 aromatic carbocycles. The molecule has 2 aromatic heterocycles. The van der Waals surface area contributed by atoms with E-state index in [-0.39, 0.29) is 23.4 Å². The number of amides is 1. The summed E-state index contributed by atoms with van der Waals surface area (Å²) >= 11 is 1.53. The number of nitrogens with zero attached hydrogens (tertiary/aromatic N) is 2. The first-order chi connectivity index (χ1) is 14.9. The van der Waals surface area contributed by atoms with Gasteiger partial charge in [-0.3, -0.25) is 9.59 Å². The smallest absolute Gasteiger partial charge is 0.251 e. The number of carbonyl (C=O) groups is 1. The Hall–Kier alpha value is -2.75. The lowest BCUT2D eigenvalue weighted by Crippen LogP contribution is -2.35. The third-order valence-electron chi connectivity index (χ3n) is 5.24. The summed E-state index contributed by atoms with van der Waals surface area (Å²) in [5.74, 6) is -0.375. The van der Waals surface area contributed by atoms with Gasteiger partial charge in [-0.1, -0.05) is 36.4 Å². The molecule has 1 saturated heterocycles. The van der Waals surface area contributed by atoms with Crippen molar-refractivity contribution in [2.75, 3.05) is 13.1 Å². The molecule has 1 atom stereocenters. The van der Waals surface area contributed by atoms with Gasteiger partial charge >= 0.3 is 0 Å². The number of rotatable bonds is 7. The monoisotopic (exact) mass is 457 g/mol. The Morgan fingerprint density at radius 2 is 1.77 bits per heavy atom. The molecule has 31 heavy (non-hydrogen) atoms. The highest BCUT2D eigenvalue weighted by atomic mass is 32.2. The average molecular weight is 458 g/mol. The number of aromatic nitrogens is 1. The van der Waals surface area contributed by atoms with E-state index in [9.17, 15) is 18.0 Å². The van der Waals surface area contributed by atoms with Gasteiger partial charge in [0.1, 0.15) is 6.54 Å². The summed E-state index contributed by atoms with van der Waals surface area (Å²) in [4.78, 5) is 26.1. The summed E-state index contributed by atoms with van der Waals surface area (Å²) in [6, 6.07) is 15.6. The van der Waals surface area contributed by atoms with E-state index in [1.807, 2.05) is 47.8 Å². The van der Waals surface area contributed by atoms with Crippen LogP contribution in [0.2, 0.25) is 0 Å². The molecule has 1 aliphatic rings. The second-order valence-corrected chi connectivity index (χ2v) is 10.3. The highest BCUT2D eigenvalue weighted by Gasteiger charge is 2.28. The van der Waals surface area contributed by atoms with Crippen molar-refractivity contribution >= 4 is 27.3 Å². The quantitative estimate of drug-likeness (QED) is 0.591. The first-order valence-corrected chi connectivity index (χ1v) is 12.4. The average Bonchev–Trinajstić information content (AvgIpc) is 3.49. The van der Waals surface area contributed by atoms with Crippen LogP contribution in [0.5, 0.6) is 0 Å². The van der Waals surface area contributed by atoms with E-state index in [0.29, 0.717) is 13.1 Å². The highest BCUT2D eigenvalue weighted by molar-refractivity contribution is 7.89. The van der Waals surface area contributed by atoms with Crippen molar-refractivity contribution in [3.63, 3.8) is 0 Å². The number of nitrogens with one attached hydrogen (secondary N) is 1. The summed E-state index contributed by atoms with van der Waals surface area (Å²) in [5.41, 5.74) is 0.499. The molecule has 162 valence electrons. The zero-order valence-corrected chi connectivity index (χ0v) is 18.4. The lowest BCUT2D eigenvalue weighted by molar-refractivity contribution is -0.122. The maximum Gasteiger partial charge on any atom is 0.251 e. The van der Waals surface area contributed by atoms with Crippen molar-refractivity contribution < 1.29 is 13.2 Å². The minimum Gasteiger partial charge on any atom is -0.343 e. The van der Waals surface area contributed by atoms with Gasteiger partial charge in [0.05, 0.1) is 10.9 Å². The molecule has 0 saturated carbocycles. The summed E-state index contributed by atoms with van der Waals surface area (Å²) in [7, 11) is -3.67. The van der Waals surface area contributed by atoms with Gasteiger partial charge in [0.25, 0.3) is 5.56 Å². The minimum atomic E-state index is -3.67. The number of thiophene rings is 1. The first-order valence-electron chi connectivity index (χ1n) is 10.0. The topological polar surface area (TPSA) is 88.5 Å². The predicted octanol–water partition coefficient (Wildman–Crippen LogP) is 2.60. The van der Waals surface area contributed by atoms with Gasteiger partial charge in [-0.05, 0) is 35.9 Å². The van der Waals surface area contributed by atoms with Crippen LogP contribution in [0.3, 0.4) is 0 Å². The van der Waals surface area contributed by atoms with Gasteiger partial charge in [0.15, 0.2) is 0 Å². The van der Waals surface area contributed by atoms with E-state index in [1.54, 1.807) is 0 Å². The number of benzene rings is 1. The Morgan fingerprint density at radius 3 is 2.45 bits per heavy atom. The molecule has 1 fully saturated rings. The van der Waals surface area contributed by atoms with Gasteiger partial charge in [-0.15, -0.1) is 11.3 Å². The van der Waals surface area contributed by atoms with Crippen molar-refractivity contribution in [2.24, 2.45) is 0 Å². The molecule has 1 N–H and O–H groups in total. The molecule has 0 bridgehead atoms. The molecule has 1 amide bonds. The largest absolute Gasteiger partial charge is 0.343 e. The van der Waals surface area contributed by atoms with Crippen LogP contribution in [0.15, 0.2) is 75.9 Å². The molecule has 0 spiro atoms. The summed E-state index contributed by atoms with van der Waals surface area (Å²) in [6.07, 6.45) is 2.91. The van der Waals surface area contributed by atoms with Gasteiger partial charge in [0.2, 0.25) is 15.9 Å². The van der Waals surface area contributed by atoms with Crippen molar-refractivity contribution in [1.29, 1.82) is 0 Å². The highest BCUT2D eigenvalue weighted by Crippen LogP contribution is 2.26. The van der Waals surface area contributed by atoms with E-state index in [1.165, 1.54) is 34.0 Å². The third kappa shape index (κ3) is 4.79. The van der Waals surface area contributed by atoms with Crippen LogP contribution < -0.4 is 10.9 Å². The second kappa shape index (κ2) is 9.17. The number of carbonyl (C=O) groups excluding carboxylic acids is 1. The molecule has 3 aromatic rings. The van der Waals surface area contributed by atoms with Gasteiger partial charge in [-0.2, -0.15) is 4.31 Å². The van der Waals surface area contributed by atoms with Gasteiger partial charge in [0, 0.05) is 30.2 Å². The Bertz CT molecular complexity index is 1200. The molecule has 4 rings (SSSR count). The Balaban J connectivity index is 1.56. The van der Waals surface area contributed by atoms with Crippen LogP contribution >= 0.6 is 11.3 Å². The lowest BCUT2D eigenvalue weighted by Gasteiger charge is -2.19. The molecule has 0 unspecified atom stereocenters. The Morgan fingerprint density at radius 1 is 1.03 bits per heavy atom. The molecule has 1 aliphatic heterocycles. The fourth-order valence-corrected chi connectivity index (χ4v) is 5.98. The van der Waals surface area contributed by atoms with Crippen molar-refractivity contribution in [3.05, 3.63) is 87.0 Å². The minimum absolute atomic E-state index is 0.0275. The summed E-state index contributed by atoms with van der Waals surface area (Å²) < 4.78 is 28.2. The lowest BCUT2D eigenvalue weighted by atomic mass is 10.1. The second-order valence-electron chi connectivity index (χ2n) is 7.37. The van der Waals surface area contributed by atoms with E-state index < -0.39 is 15.6 Å². The molecular formula is C22H23N3O4S2. The summed E-state index contributed by atoms with van der Waals surface area (Å²) in [6.45, 7) is 0.680. The number of sulfonamides is 1. The maximum absolute atomic E-state index is 12.8. The fourth-order valence-electron chi connectivity index (χ4n) is 3.64. The zero-order chi connectivity index (χ0) is 21.8. The first kappa shape index (κ1) is 21.5. The SMILES string of the molecule is O=C(Cn1cc(S(=O)(=O)N2CCCC2)ccc1=O)N[C@@H](c1ccccc1)c1cccs1. The van der Waals surface area contributed by atoms with Crippen LogP contribution in [0, 0.1) is 0 Å². The Kier molecular flexibility index (Phi) is 6.35. The van der Waals surface area contributed by atoms with Crippen LogP contribution in [-0.2, 0) is 21.4 Å². The molecule has 3 heterocycles. The van der Waals surface area contributed by atoms with E-state index in [4.69, 9.17) is 0 Å². The van der Waals surface area contributed by atoms with Crippen molar-refractivity contribution in [1.82, 2.24) is 14.2 Å². The van der Waals surface area contributed by atoms with E-state index in [2.05, 4.69) is 5.32 Å². The molecule has 0 aliphatic carbocycles. The van der Waals surface area contributed by atoms with E-state index in [0.717, 1.165) is 27.8 Å². The van der Waals surface area contributed by atoms with Crippen LogP contribution in [0.1, 0.15) is 29.3 Å². The van der Waals surface area contributed by atoms with Gasteiger partial charge < -0.3 is 9.88 Å². The standard InChI is InChI=1S/C22H23N3O4S2/c26-20(23-22(19-9-6-14-30-19)17-7-2-1-3-8-17)16-24-15-18(10-11-21(24)27)31(28,29)25-12-4-5-13-25/h1-3,6-11,14-15,22H,4-5,12-13,16H2,(H,23,26)/t22-/m0/s1. The Labute approximate surface area is 185 Å². The van der Waals surface area contributed by atoms with Crippen LogP contribution in [-0.4, -0.2) is 36.3 Å². The van der Waals surface area contributed by atoms with Crippen molar-refractivity contribution in [3.8, 4) is 0 Å². The number of hydrogen-bond acceptors (Lipinski definition) is 5. The number of hydrogen-bond donors (Lipinski definition) is 1. The van der Waals surface area contributed by atoms with Crippen LogP contribution in [0.4, 0.5) is 0 Å². The van der Waals surface area contributed by atoms with Gasteiger partial charge in [-0.25, -0.2) is 8.42 Å². The maximum atomic E-state index is 12.8. The normalized spacial score (nSPS) is 15.6. The predicted molar refractivity (Wildman–Crippen MR) is 119 cm³/mol. The number of pyridine rings is 1. The van der Waals surface area contributed by atoms with Crippen LogP contribution in [0.25, 0.3) is 0 Å². The third-order valence-corrected chi connectivity index (χ3v) is 8.06. The van der Waals surface area contributed by atoms with E-state index >= 15 is 0 Å². The molecular weight excluding hydrogens is 434 g/mol. The van der Waals surface area contributed by atoms with Crippen molar-refractivity contribution in [2.45, 2.75) is 30.3 Å². The molecule has 0 radical (unpaired) electrons.